The number of hydrogen-bond donors (Lipinski definition) is 2. The molecule has 2 aromatic heterocycles. The van der Waals surface area contributed by atoms with Crippen molar-refractivity contribution in [3.63, 3.8) is 0 Å². The van der Waals surface area contributed by atoms with Gasteiger partial charge in [-0.2, -0.15) is 9.97 Å². The van der Waals surface area contributed by atoms with Crippen LogP contribution in [0.15, 0.2) is 48.7 Å². The molecule has 3 fully saturated rings. The molecule has 13 nitrogen and oxygen atoms in total. The van der Waals surface area contributed by atoms with Gasteiger partial charge < -0.3 is 34.9 Å². The summed E-state index contributed by atoms with van der Waals surface area (Å²) in [6.07, 6.45) is 3.68. The van der Waals surface area contributed by atoms with Gasteiger partial charge in [0.1, 0.15) is 12.1 Å². The van der Waals surface area contributed by atoms with Gasteiger partial charge in [0.15, 0.2) is 5.65 Å². The molecule has 1 saturated carbocycles. The molecule has 3 aromatic rings. The van der Waals surface area contributed by atoms with E-state index in [-0.39, 0.29) is 18.1 Å². The normalized spacial score (nSPS) is 19.3. The number of primary amides is 1. The Morgan fingerprint density at radius 3 is 2.69 bits per heavy atom. The summed E-state index contributed by atoms with van der Waals surface area (Å²) in [4.78, 5) is 50.0. The maximum atomic E-state index is 11.7. The van der Waals surface area contributed by atoms with Gasteiger partial charge in [-0.3, -0.25) is 9.59 Å². The summed E-state index contributed by atoms with van der Waals surface area (Å²) in [5, 5.41) is 8.76. The molecule has 3 N–H and O–H groups in total. The van der Waals surface area contributed by atoms with Crippen LogP contribution in [0.25, 0.3) is 22.3 Å². The molecule has 0 bridgehead atoms. The van der Waals surface area contributed by atoms with Crippen LogP contribution in [0.3, 0.4) is 0 Å². The van der Waals surface area contributed by atoms with Crippen molar-refractivity contribution in [3.8, 4) is 11.3 Å². The highest BCUT2D eigenvalue weighted by atomic mass is 16.5. The summed E-state index contributed by atoms with van der Waals surface area (Å²) in [7, 11) is 0. The molecule has 3 aliphatic rings. The van der Waals surface area contributed by atoms with E-state index in [2.05, 4.69) is 21.5 Å². The molecule has 1 spiro atoms. The van der Waals surface area contributed by atoms with Gasteiger partial charge in [0.25, 0.3) is 6.47 Å². The number of amides is 1. The highest BCUT2D eigenvalue weighted by Crippen LogP contribution is 2.43. The fraction of sp³-hybridized carbons (Fsp3) is 0.379. The molecule has 4 heterocycles. The molecular formula is C29H32N6O7. The van der Waals surface area contributed by atoms with Gasteiger partial charge in [-0.15, -0.1) is 0 Å². The maximum Gasteiger partial charge on any atom is 0.331 e. The number of aromatic nitrogens is 3. The fourth-order valence-electron chi connectivity index (χ4n) is 4.96. The zero-order valence-corrected chi connectivity index (χ0v) is 23.1. The zero-order valence-electron chi connectivity index (χ0n) is 23.1. The second-order valence-corrected chi connectivity index (χ2v) is 10.3. The maximum absolute atomic E-state index is 11.7. The SMILES string of the molecule is C[C@H]1COCCN1c1nc(N2CCOC3(CC3)C2)nc2nc(-c3cccc(C(N)=O)c3)ccc12.O=CO/C=C/C(=O)O. The minimum atomic E-state index is -1.15. The molecule has 1 amide bonds. The van der Waals surface area contributed by atoms with E-state index in [0.717, 1.165) is 61.2 Å². The van der Waals surface area contributed by atoms with E-state index in [1.165, 1.54) is 0 Å². The topological polar surface area (TPSA) is 170 Å². The second-order valence-electron chi connectivity index (χ2n) is 10.3. The van der Waals surface area contributed by atoms with Gasteiger partial charge in [0.05, 0.1) is 48.6 Å². The number of carbonyl (C=O) groups is 3. The van der Waals surface area contributed by atoms with Gasteiger partial charge in [-0.25, -0.2) is 9.78 Å². The van der Waals surface area contributed by atoms with Crippen LogP contribution in [0.5, 0.6) is 0 Å². The van der Waals surface area contributed by atoms with E-state index in [1.807, 2.05) is 24.3 Å². The van der Waals surface area contributed by atoms with Crippen LogP contribution >= 0.6 is 0 Å². The first-order valence-corrected chi connectivity index (χ1v) is 13.6. The van der Waals surface area contributed by atoms with Crippen molar-refractivity contribution in [3.05, 3.63) is 54.3 Å². The second kappa shape index (κ2) is 12.5. The lowest BCUT2D eigenvalue weighted by Gasteiger charge is -2.36. The average Bonchev–Trinajstić information content (AvgIpc) is 3.74. The van der Waals surface area contributed by atoms with E-state index in [9.17, 15) is 14.4 Å². The highest BCUT2D eigenvalue weighted by molar-refractivity contribution is 5.94. The van der Waals surface area contributed by atoms with Crippen molar-refractivity contribution in [1.29, 1.82) is 0 Å². The number of nitrogens with two attached hydrogens (primary N) is 1. The first kappa shape index (κ1) is 28.9. The molecule has 6 rings (SSSR count). The third-order valence-electron chi connectivity index (χ3n) is 7.29. The first-order valence-electron chi connectivity index (χ1n) is 13.6. The quantitative estimate of drug-likeness (QED) is 0.239. The summed E-state index contributed by atoms with van der Waals surface area (Å²) >= 11 is 0. The van der Waals surface area contributed by atoms with Crippen LogP contribution in [0.1, 0.15) is 30.1 Å². The summed E-state index contributed by atoms with van der Waals surface area (Å²) in [5.41, 5.74) is 8.10. The highest BCUT2D eigenvalue weighted by Gasteiger charge is 2.48. The Hall–Kier alpha value is -4.62. The number of morpholine rings is 2. The predicted octanol–water partition coefficient (Wildman–Crippen LogP) is 2.14. The molecule has 13 heteroatoms. The van der Waals surface area contributed by atoms with Crippen LogP contribution in [0.2, 0.25) is 0 Å². The van der Waals surface area contributed by atoms with Gasteiger partial charge in [0.2, 0.25) is 11.9 Å². The first-order chi connectivity index (χ1) is 20.3. The summed E-state index contributed by atoms with van der Waals surface area (Å²) in [5.74, 6) is -0.0348. The zero-order chi connectivity index (χ0) is 29.7. The van der Waals surface area contributed by atoms with Crippen molar-refractivity contribution in [1.82, 2.24) is 15.0 Å². The van der Waals surface area contributed by atoms with Gasteiger partial charge in [-0.05, 0) is 44.0 Å². The number of carbonyl (C=O) groups excluding carboxylic acids is 2. The standard InChI is InChI=1S/C25H28N6O3.C4H4O4/c1-16-14-33-11-10-31(16)23-19-5-6-20(17-3-2-4-18(13-17)21(26)32)27-22(19)28-24(29-23)30-9-12-34-25(15-30)7-8-25;5-3-8-2-1-4(6)7/h2-6,13,16H,7-12,14-15H2,1H3,(H2,26,32);1-3H,(H,6,7)/b;2-1+/t16-;/m0./s1. The average molecular weight is 577 g/mol. The molecule has 2 saturated heterocycles. The van der Waals surface area contributed by atoms with Crippen molar-refractivity contribution in [2.75, 3.05) is 49.3 Å². The number of nitrogens with zero attached hydrogens (tertiary/aromatic N) is 5. The number of rotatable bonds is 7. The monoisotopic (exact) mass is 576 g/mol. The Morgan fingerprint density at radius 1 is 1.14 bits per heavy atom. The third kappa shape index (κ3) is 6.64. The fourth-order valence-corrected chi connectivity index (χ4v) is 4.96. The molecule has 1 aromatic carbocycles. The van der Waals surface area contributed by atoms with E-state index in [4.69, 9.17) is 35.3 Å². The van der Waals surface area contributed by atoms with Crippen molar-refractivity contribution in [2.45, 2.75) is 31.4 Å². The van der Waals surface area contributed by atoms with E-state index < -0.39 is 11.9 Å². The van der Waals surface area contributed by atoms with Gasteiger partial charge >= 0.3 is 5.97 Å². The minimum absolute atomic E-state index is 0.0343. The molecule has 1 atom stereocenters. The summed E-state index contributed by atoms with van der Waals surface area (Å²) in [6.45, 7) is 6.62. The Bertz CT molecular complexity index is 1510. The molecule has 220 valence electrons. The lowest BCUT2D eigenvalue weighted by molar-refractivity contribution is -0.131. The number of anilines is 2. The summed E-state index contributed by atoms with van der Waals surface area (Å²) < 4.78 is 15.6. The van der Waals surface area contributed by atoms with E-state index in [0.29, 0.717) is 43.1 Å². The lowest BCUT2D eigenvalue weighted by Crippen LogP contribution is -2.46. The molecule has 42 heavy (non-hydrogen) atoms. The molecule has 0 radical (unpaired) electrons. The Morgan fingerprint density at radius 2 is 1.98 bits per heavy atom. The van der Waals surface area contributed by atoms with E-state index in [1.54, 1.807) is 12.1 Å². The summed E-state index contributed by atoms with van der Waals surface area (Å²) in [6, 6.07) is 11.4. The predicted molar refractivity (Wildman–Crippen MR) is 153 cm³/mol. The number of ether oxygens (including phenoxy) is 3. The van der Waals surface area contributed by atoms with Crippen molar-refractivity contribution >= 4 is 41.1 Å². The Balaban J connectivity index is 0.000000390. The van der Waals surface area contributed by atoms with Crippen LogP contribution in [0.4, 0.5) is 11.8 Å². The number of hydrogen-bond acceptors (Lipinski definition) is 11. The lowest BCUT2D eigenvalue weighted by atomic mass is 10.1. The van der Waals surface area contributed by atoms with Crippen molar-refractivity contribution < 1.29 is 33.7 Å². The minimum Gasteiger partial charge on any atom is -0.478 e. The number of fused-ring (bicyclic) bond motifs is 1. The number of pyridine rings is 1. The van der Waals surface area contributed by atoms with Gasteiger partial charge in [0, 0.05) is 30.8 Å². The van der Waals surface area contributed by atoms with Crippen LogP contribution in [-0.2, 0) is 23.8 Å². The molecule has 1 aliphatic carbocycles. The number of carboxylic acid groups (broad SMARTS) is 1. The number of aliphatic carboxylic acids is 1. The number of benzene rings is 1. The Kier molecular flexibility index (Phi) is 8.59. The third-order valence-corrected chi connectivity index (χ3v) is 7.29. The molecule has 2 aliphatic heterocycles. The van der Waals surface area contributed by atoms with Crippen LogP contribution in [0, 0.1) is 0 Å². The Labute approximate surface area is 241 Å². The molecular weight excluding hydrogens is 544 g/mol. The van der Waals surface area contributed by atoms with Gasteiger partial charge in [-0.1, -0.05) is 12.1 Å². The number of carboxylic acids is 1. The van der Waals surface area contributed by atoms with Crippen LogP contribution < -0.4 is 15.5 Å². The van der Waals surface area contributed by atoms with Crippen molar-refractivity contribution in [2.24, 2.45) is 5.73 Å². The largest absolute Gasteiger partial charge is 0.478 e. The molecule has 0 unspecified atom stereocenters. The van der Waals surface area contributed by atoms with Crippen LogP contribution in [-0.4, -0.2) is 89.5 Å². The van der Waals surface area contributed by atoms with E-state index >= 15 is 0 Å². The smallest absolute Gasteiger partial charge is 0.331 e.